The van der Waals surface area contributed by atoms with Gasteiger partial charge in [0.25, 0.3) is 0 Å². The van der Waals surface area contributed by atoms with Crippen LogP contribution in [-0.4, -0.2) is 19.0 Å². The van der Waals surface area contributed by atoms with E-state index in [0.29, 0.717) is 5.75 Å². The molecule has 1 aromatic heterocycles. The molecule has 4 nitrogen and oxygen atoms in total. The lowest BCUT2D eigenvalue weighted by atomic mass is 10.1. The molecule has 0 aliphatic heterocycles. The number of fused-ring (bicyclic) bond motifs is 1. The maximum Gasteiger partial charge on any atom is 0.145 e. The van der Waals surface area contributed by atoms with Gasteiger partial charge in [-0.25, -0.2) is 0 Å². The Kier molecular flexibility index (Phi) is 3.36. The number of hydrogen-bond acceptors (Lipinski definition) is 3. The van der Waals surface area contributed by atoms with Crippen LogP contribution >= 0.6 is 0 Å². The first kappa shape index (κ1) is 13.0. The summed E-state index contributed by atoms with van der Waals surface area (Å²) < 4.78 is 14.3. The normalized spacial score (nSPS) is 12.7. The zero-order valence-electron chi connectivity index (χ0n) is 11.4. The number of aromatic nitrogens is 3. The fourth-order valence-corrected chi connectivity index (χ4v) is 3.22. The van der Waals surface area contributed by atoms with Gasteiger partial charge in [-0.2, -0.15) is 0 Å². The molecule has 102 valence electrons. The molecule has 1 unspecified atom stereocenters. The second-order valence-electron chi connectivity index (χ2n) is 4.72. The van der Waals surface area contributed by atoms with E-state index in [1.807, 2.05) is 61.0 Å². The maximum absolute atomic E-state index is 12.4. The Morgan fingerprint density at radius 2 is 1.85 bits per heavy atom. The molecule has 0 saturated carbocycles. The molecule has 0 radical (unpaired) electrons. The first-order chi connectivity index (χ1) is 9.65. The molecular weight excluding hydrogens is 270 g/mol. The van der Waals surface area contributed by atoms with E-state index in [1.165, 1.54) is 0 Å². The Morgan fingerprint density at radius 1 is 1.10 bits per heavy atom. The van der Waals surface area contributed by atoms with E-state index in [2.05, 4.69) is 10.2 Å². The zero-order chi connectivity index (χ0) is 14.1. The van der Waals surface area contributed by atoms with Gasteiger partial charge in [0.2, 0.25) is 0 Å². The lowest BCUT2D eigenvalue weighted by Crippen LogP contribution is -2.04. The minimum Gasteiger partial charge on any atom is -0.318 e. The average molecular weight is 285 g/mol. The minimum absolute atomic E-state index is 0.385. The van der Waals surface area contributed by atoms with Crippen LogP contribution in [0.4, 0.5) is 0 Å². The Labute approximate surface area is 119 Å². The summed E-state index contributed by atoms with van der Waals surface area (Å²) in [5.74, 6) is 1.96. The van der Waals surface area contributed by atoms with Crippen LogP contribution < -0.4 is 0 Å². The predicted octanol–water partition coefficient (Wildman–Crippen LogP) is 2.58. The van der Waals surface area contributed by atoms with Gasteiger partial charge in [0, 0.05) is 11.9 Å². The second-order valence-corrected chi connectivity index (χ2v) is 6.17. The second kappa shape index (κ2) is 5.17. The van der Waals surface area contributed by atoms with Crippen molar-refractivity contribution in [1.82, 2.24) is 14.8 Å². The third-order valence-corrected chi connectivity index (χ3v) is 4.73. The molecule has 5 heteroatoms. The van der Waals surface area contributed by atoms with Crippen LogP contribution in [0.25, 0.3) is 10.8 Å². The first-order valence-electron chi connectivity index (χ1n) is 6.37. The van der Waals surface area contributed by atoms with Crippen LogP contribution in [0.3, 0.4) is 0 Å². The Morgan fingerprint density at radius 3 is 2.55 bits per heavy atom. The summed E-state index contributed by atoms with van der Waals surface area (Å²) in [6.45, 7) is 1.88. The minimum atomic E-state index is -1.11. The monoisotopic (exact) mass is 285 g/mol. The molecule has 3 rings (SSSR count). The summed E-state index contributed by atoms with van der Waals surface area (Å²) in [4.78, 5) is 0.823. The van der Waals surface area contributed by atoms with Crippen LogP contribution in [0.15, 0.2) is 47.4 Å². The highest BCUT2D eigenvalue weighted by Gasteiger charge is 2.11. The fourth-order valence-electron chi connectivity index (χ4n) is 2.09. The van der Waals surface area contributed by atoms with Crippen LogP contribution in [0.5, 0.6) is 0 Å². The maximum atomic E-state index is 12.4. The quantitative estimate of drug-likeness (QED) is 0.743. The topological polar surface area (TPSA) is 47.8 Å². The smallest absolute Gasteiger partial charge is 0.145 e. The number of aryl methyl sites for hydroxylation is 1. The number of benzene rings is 2. The van der Waals surface area contributed by atoms with Gasteiger partial charge >= 0.3 is 0 Å². The van der Waals surface area contributed by atoms with Gasteiger partial charge < -0.3 is 4.57 Å². The van der Waals surface area contributed by atoms with Crippen molar-refractivity contribution in [3.05, 3.63) is 54.1 Å². The van der Waals surface area contributed by atoms with Gasteiger partial charge in [0.05, 0.1) is 16.6 Å². The number of rotatable bonds is 3. The lowest BCUT2D eigenvalue weighted by Gasteiger charge is -2.04. The molecule has 3 aromatic rings. The molecule has 0 amide bonds. The standard InChI is InChI=1S/C15H15N3OS/c1-11-16-17-15(18(11)2)10-20(19)14-8-7-12-5-3-4-6-13(12)9-14/h3-9H,10H2,1-2H3. The van der Waals surface area contributed by atoms with Crippen molar-refractivity contribution in [2.75, 3.05) is 0 Å². The van der Waals surface area contributed by atoms with Gasteiger partial charge in [0.15, 0.2) is 0 Å². The molecule has 0 aliphatic carbocycles. The molecule has 1 atom stereocenters. The van der Waals surface area contributed by atoms with Gasteiger partial charge in [-0.1, -0.05) is 30.3 Å². The van der Waals surface area contributed by atoms with E-state index in [-0.39, 0.29) is 0 Å². The number of nitrogens with zero attached hydrogens (tertiary/aromatic N) is 3. The molecule has 1 heterocycles. The average Bonchev–Trinajstić information content (AvgIpc) is 2.78. The molecule has 0 fully saturated rings. The van der Waals surface area contributed by atoms with Gasteiger partial charge in [-0.3, -0.25) is 4.21 Å². The molecule has 0 N–H and O–H groups in total. The molecule has 20 heavy (non-hydrogen) atoms. The van der Waals surface area contributed by atoms with E-state index in [9.17, 15) is 4.21 Å². The van der Waals surface area contributed by atoms with Crippen molar-refractivity contribution in [2.24, 2.45) is 7.05 Å². The van der Waals surface area contributed by atoms with Crippen molar-refractivity contribution >= 4 is 21.6 Å². The van der Waals surface area contributed by atoms with E-state index in [1.54, 1.807) is 0 Å². The van der Waals surface area contributed by atoms with E-state index in [0.717, 1.165) is 27.3 Å². The lowest BCUT2D eigenvalue weighted by molar-refractivity contribution is 0.679. The van der Waals surface area contributed by atoms with Gasteiger partial charge in [0.1, 0.15) is 11.6 Å². The molecule has 0 aliphatic rings. The third-order valence-electron chi connectivity index (χ3n) is 3.43. The van der Waals surface area contributed by atoms with Crippen molar-refractivity contribution in [3.8, 4) is 0 Å². The van der Waals surface area contributed by atoms with Crippen molar-refractivity contribution in [1.29, 1.82) is 0 Å². The molecule has 0 saturated heterocycles. The summed E-state index contributed by atoms with van der Waals surface area (Å²) in [6, 6.07) is 14.0. The van der Waals surface area contributed by atoms with Crippen LogP contribution in [0.1, 0.15) is 11.6 Å². The van der Waals surface area contributed by atoms with Crippen LogP contribution in [0.2, 0.25) is 0 Å². The van der Waals surface area contributed by atoms with E-state index in [4.69, 9.17) is 0 Å². The molecule has 0 spiro atoms. The van der Waals surface area contributed by atoms with Crippen LogP contribution in [0, 0.1) is 6.92 Å². The first-order valence-corrected chi connectivity index (χ1v) is 7.69. The predicted molar refractivity (Wildman–Crippen MR) is 79.8 cm³/mol. The SMILES string of the molecule is Cc1nnc(CS(=O)c2ccc3ccccc3c2)n1C. The number of hydrogen-bond donors (Lipinski definition) is 0. The summed E-state index contributed by atoms with van der Waals surface area (Å²) in [7, 11) is 0.780. The van der Waals surface area contributed by atoms with Crippen LogP contribution in [-0.2, 0) is 23.6 Å². The largest absolute Gasteiger partial charge is 0.318 e. The van der Waals surface area contributed by atoms with Crippen molar-refractivity contribution in [2.45, 2.75) is 17.6 Å². The highest BCUT2D eigenvalue weighted by Crippen LogP contribution is 2.19. The highest BCUT2D eigenvalue weighted by molar-refractivity contribution is 7.84. The van der Waals surface area contributed by atoms with Gasteiger partial charge in [-0.15, -0.1) is 10.2 Å². The van der Waals surface area contributed by atoms with Crippen molar-refractivity contribution in [3.63, 3.8) is 0 Å². The Bertz CT molecular complexity index is 795. The van der Waals surface area contributed by atoms with E-state index < -0.39 is 10.8 Å². The molecule has 0 bridgehead atoms. The summed E-state index contributed by atoms with van der Waals surface area (Å²) in [6.07, 6.45) is 0. The Balaban J connectivity index is 1.90. The highest BCUT2D eigenvalue weighted by atomic mass is 32.2. The Hall–Kier alpha value is -2.01. The summed E-state index contributed by atoms with van der Waals surface area (Å²) in [5, 5.41) is 10.3. The van der Waals surface area contributed by atoms with Crippen molar-refractivity contribution < 1.29 is 4.21 Å². The van der Waals surface area contributed by atoms with E-state index >= 15 is 0 Å². The fraction of sp³-hybridized carbons (Fsp3) is 0.200. The third kappa shape index (κ3) is 2.36. The molecular formula is C15H15N3OS. The zero-order valence-corrected chi connectivity index (χ0v) is 12.2. The molecule has 2 aromatic carbocycles. The van der Waals surface area contributed by atoms with Gasteiger partial charge in [-0.05, 0) is 29.8 Å². The summed E-state index contributed by atoms with van der Waals surface area (Å²) in [5.41, 5.74) is 0. The summed E-state index contributed by atoms with van der Waals surface area (Å²) >= 11 is 0.